The molecular formula is C25H22ClFN2O3. The number of aromatic nitrogens is 2. The van der Waals surface area contributed by atoms with Crippen molar-refractivity contribution in [1.82, 2.24) is 9.78 Å². The number of aromatic carboxylic acids is 1. The van der Waals surface area contributed by atoms with E-state index in [0.717, 1.165) is 55.0 Å². The topological polar surface area (TPSA) is 72.2 Å². The maximum absolute atomic E-state index is 14.9. The van der Waals surface area contributed by atoms with Crippen molar-refractivity contribution in [3.63, 3.8) is 0 Å². The maximum Gasteiger partial charge on any atom is 0.335 e. The number of rotatable bonds is 4. The summed E-state index contributed by atoms with van der Waals surface area (Å²) in [6.07, 6.45) is 6.41. The fraction of sp³-hybridized carbons (Fsp3) is 0.320. The Bertz CT molecular complexity index is 1250. The lowest BCUT2D eigenvalue weighted by atomic mass is 9.78. The lowest BCUT2D eigenvalue weighted by molar-refractivity contribution is 0.0696. The van der Waals surface area contributed by atoms with E-state index in [9.17, 15) is 14.0 Å². The lowest BCUT2D eigenvalue weighted by Gasteiger charge is -2.28. The van der Waals surface area contributed by atoms with Crippen molar-refractivity contribution in [2.24, 2.45) is 0 Å². The molecule has 2 aliphatic rings. The second-order valence-electron chi connectivity index (χ2n) is 8.53. The first kappa shape index (κ1) is 20.9. The Labute approximate surface area is 189 Å². The lowest BCUT2D eigenvalue weighted by Crippen LogP contribution is -2.22. The zero-order chi connectivity index (χ0) is 22.4. The van der Waals surface area contributed by atoms with Crippen molar-refractivity contribution in [2.45, 2.75) is 50.9 Å². The molecule has 32 heavy (non-hydrogen) atoms. The van der Waals surface area contributed by atoms with Gasteiger partial charge in [0.25, 0.3) is 5.91 Å². The van der Waals surface area contributed by atoms with Crippen LogP contribution < -0.4 is 0 Å². The number of carbonyl (C=O) groups excluding carboxylic acids is 1. The molecular weight excluding hydrogens is 431 g/mol. The first-order valence-electron chi connectivity index (χ1n) is 10.9. The largest absolute Gasteiger partial charge is 0.478 e. The van der Waals surface area contributed by atoms with Gasteiger partial charge in [-0.2, -0.15) is 9.78 Å². The molecule has 0 amide bonds. The van der Waals surface area contributed by atoms with Gasteiger partial charge in [-0.05, 0) is 74.3 Å². The molecule has 1 saturated carbocycles. The third kappa shape index (κ3) is 3.43. The highest BCUT2D eigenvalue weighted by Crippen LogP contribution is 2.41. The van der Waals surface area contributed by atoms with Crippen LogP contribution in [-0.2, 0) is 12.8 Å². The summed E-state index contributed by atoms with van der Waals surface area (Å²) < 4.78 is 16.3. The fourth-order valence-corrected chi connectivity index (χ4v) is 5.02. The van der Waals surface area contributed by atoms with E-state index in [1.54, 1.807) is 6.07 Å². The van der Waals surface area contributed by atoms with Crippen LogP contribution in [0.5, 0.6) is 0 Å². The normalized spacial score (nSPS) is 15.8. The number of fused-ring (bicyclic) bond motifs is 1. The van der Waals surface area contributed by atoms with E-state index >= 15 is 0 Å². The number of halogens is 2. The number of hydrogen-bond donors (Lipinski definition) is 1. The van der Waals surface area contributed by atoms with E-state index in [1.807, 2.05) is 12.1 Å². The van der Waals surface area contributed by atoms with E-state index in [1.165, 1.54) is 16.8 Å². The molecule has 1 aromatic heterocycles. The Hall–Kier alpha value is -2.99. The SMILES string of the molecule is O=C(O)c1ccc(-c2nn(C(=O)c3c(Cl)cccc3C3CCC3)c3c2CCCC3)c(F)c1. The maximum atomic E-state index is 14.9. The smallest absolute Gasteiger partial charge is 0.335 e. The Morgan fingerprint density at radius 3 is 2.56 bits per heavy atom. The summed E-state index contributed by atoms with van der Waals surface area (Å²) in [5, 5.41) is 14.1. The molecule has 0 aliphatic heterocycles. The molecule has 0 unspecified atom stereocenters. The van der Waals surface area contributed by atoms with Gasteiger partial charge in [0, 0.05) is 11.1 Å². The van der Waals surface area contributed by atoms with Crippen molar-refractivity contribution >= 4 is 23.5 Å². The average Bonchev–Trinajstić information content (AvgIpc) is 3.12. The molecule has 5 nitrogen and oxygen atoms in total. The van der Waals surface area contributed by atoms with Crippen molar-refractivity contribution in [2.75, 3.05) is 0 Å². The third-order valence-electron chi connectivity index (χ3n) is 6.65. The Morgan fingerprint density at radius 1 is 1.09 bits per heavy atom. The van der Waals surface area contributed by atoms with Crippen LogP contribution >= 0.6 is 11.6 Å². The number of benzene rings is 2. The monoisotopic (exact) mass is 452 g/mol. The summed E-state index contributed by atoms with van der Waals surface area (Å²) >= 11 is 6.50. The first-order valence-corrected chi connectivity index (χ1v) is 11.3. The van der Waals surface area contributed by atoms with E-state index in [-0.39, 0.29) is 17.0 Å². The quantitative estimate of drug-likeness (QED) is 0.536. The van der Waals surface area contributed by atoms with E-state index < -0.39 is 11.8 Å². The minimum absolute atomic E-state index is 0.128. The number of nitrogens with zero attached hydrogens (tertiary/aromatic N) is 2. The summed E-state index contributed by atoms with van der Waals surface area (Å²) in [7, 11) is 0. The van der Waals surface area contributed by atoms with Crippen LogP contribution in [-0.4, -0.2) is 26.8 Å². The van der Waals surface area contributed by atoms with Gasteiger partial charge < -0.3 is 5.11 Å². The molecule has 1 heterocycles. The molecule has 0 saturated heterocycles. The summed E-state index contributed by atoms with van der Waals surface area (Å²) in [6, 6.07) is 9.34. The van der Waals surface area contributed by atoms with Crippen LogP contribution in [0.1, 0.15) is 75.6 Å². The molecule has 1 N–H and O–H groups in total. The fourth-order valence-electron chi connectivity index (χ4n) is 4.76. The molecule has 3 aromatic rings. The molecule has 0 radical (unpaired) electrons. The molecule has 164 valence electrons. The van der Waals surface area contributed by atoms with Crippen LogP contribution in [0.25, 0.3) is 11.3 Å². The Kier molecular flexibility index (Phi) is 5.33. The van der Waals surface area contributed by atoms with Crippen molar-refractivity contribution < 1.29 is 19.1 Å². The predicted molar refractivity (Wildman–Crippen MR) is 119 cm³/mol. The highest BCUT2D eigenvalue weighted by molar-refractivity contribution is 6.34. The summed E-state index contributed by atoms with van der Waals surface area (Å²) in [5.41, 5.74) is 3.55. The molecule has 5 rings (SSSR count). The molecule has 0 atom stereocenters. The third-order valence-corrected chi connectivity index (χ3v) is 6.96. The highest BCUT2D eigenvalue weighted by atomic mass is 35.5. The number of carboxylic acid groups (broad SMARTS) is 1. The molecule has 7 heteroatoms. The van der Waals surface area contributed by atoms with Crippen molar-refractivity contribution in [1.29, 1.82) is 0 Å². The molecule has 2 aromatic carbocycles. The summed E-state index contributed by atoms with van der Waals surface area (Å²) in [4.78, 5) is 24.9. The van der Waals surface area contributed by atoms with Gasteiger partial charge in [-0.1, -0.05) is 30.2 Å². The van der Waals surface area contributed by atoms with Crippen LogP contribution in [0.4, 0.5) is 4.39 Å². The van der Waals surface area contributed by atoms with Gasteiger partial charge in [-0.3, -0.25) is 4.79 Å². The first-order chi connectivity index (χ1) is 15.5. The van der Waals surface area contributed by atoms with E-state index in [4.69, 9.17) is 16.7 Å². The van der Waals surface area contributed by atoms with Crippen molar-refractivity contribution in [3.05, 3.63) is 75.2 Å². The summed E-state index contributed by atoms with van der Waals surface area (Å²) in [6.45, 7) is 0. The van der Waals surface area contributed by atoms with Gasteiger partial charge in [0.2, 0.25) is 0 Å². The van der Waals surface area contributed by atoms with Gasteiger partial charge >= 0.3 is 5.97 Å². The zero-order valence-corrected chi connectivity index (χ0v) is 18.2. The van der Waals surface area contributed by atoms with Gasteiger partial charge in [0.15, 0.2) is 0 Å². The standard InChI is InChI=1S/C25H22ClFN2O3/c26-19-9-4-8-16(14-5-3-6-14)22(19)24(30)29-21-10-2-1-7-18(21)23(28-29)17-12-11-15(25(31)32)13-20(17)27/h4,8-9,11-14H,1-3,5-7,10H2,(H,31,32). The van der Waals surface area contributed by atoms with E-state index in [2.05, 4.69) is 5.10 Å². The zero-order valence-electron chi connectivity index (χ0n) is 17.4. The van der Waals surface area contributed by atoms with E-state index in [0.29, 0.717) is 35.0 Å². The van der Waals surface area contributed by atoms with Crippen LogP contribution in [0, 0.1) is 5.82 Å². The van der Waals surface area contributed by atoms with Crippen molar-refractivity contribution in [3.8, 4) is 11.3 Å². The number of carbonyl (C=O) groups is 2. The average molecular weight is 453 g/mol. The predicted octanol–water partition coefficient (Wildman–Crippen LogP) is 5.88. The minimum Gasteiger partial charge on any atom is -0.478 e. The number of carboxylic acids is 1. The number of hydrogen-bond acceptors (Lipinski definition) is 3. The van der Waals surface area contributed by atoms with Gasteiger partial charge in [-0.15, -0.1) is 0 Å². The Balaban J connectivity index is 1.64. The van der Waals surface area contributed by atoms with Crippen LogP contribution in [0.15, 0.2) is 36.4 Å². The minimum atomic E-state index is -1.19. The molecule has 0 spiro atoms. The Morgan fingerprint density at radius 2 is 1.88 bits per heavy atom. The van der Waals surface area contributed by atoms with Crippen LogP contribution in [0.2, 0.25) is 5.02 Å². The summed E-state index contributed by atoms with van der Waals surface area (Å²) in [5.74, 6) is -1.83. The second kappa shape index (κ2) is 8.17. The van der Waals surface area contributed by atoms with Gasteiger partial charge in [-0.25, -0.2) is 9.18 Å². The van der Waals surface area contributed by atoms with Gasteiger partial charge in [0.1, 0.15) is 5.82 Å². The molecule has 2 aliphatic carbocycles. The van der Waals surface area contributed by atoms with Gasteiger partial charge in [0.05, 0.1) is 27.5 Å². The molecule has 0 bridgehead atoms. The van der Waals surface area contributed by atoms with Crippen LogP contribution in [0.3, 0.4) is 0 Å². The second-order valence-corrected chi connectivity index (χ2v) is 8.94. The molecule has 1 fully saturated rings. The highest BCUT2D eigenvalue weighted by Gasteiger charge is 2.31.